The van der Waals surface area contributed by atoms with E-state index in [2.05, 4.69) is 0 Å². The van der Waals surface area contributed by atoms with Crippen LogP contribution in [-0.4, -0.2) is 29.3 Å². The van der Waals surface area contributed by atoms with Crippen LogP contribution in [0.1, 0.15) is 27.0 Å². The topological polar surface area (TPSA) is 144 Å². The minimum Gasteiger partial charge on any atom is -0.508 e. The molecule has 9 nitrogen and oxygen atoms in total. The van der Waals surface area contributed by atoms with E-state index in [4.69, 9.17) is 5.14 Å². The quantitative estimate of drug-likeness (QED) is 0.414. The molecule has 0 fully saturated rings. The van der Waals surface area contributed by atoms with Crippen LogP contribution in [0.5, 0.6) is 5.75 Å². The highest BCUT2D eigenvalue weighted by Gasteiger charge is 2.23. The third-order valence-corrected chi connectivity index (χ3v) is 5.86. The zero-order valence-corrected chi connectivity index (χ0v) is 18.0. The number of amides is 1. The molecule has 0 aliphatic carbocycles. The van der Waals surface area contributed by atoms with E-state index in [-0.39, 0.29) is 40.5 Å². The summed E-state index contributed by atoms with van der Waals surface area (Å²) >= 11 is 0. The van der Waals surface area contributed by atoms with Gasteiger partial charge in [0.1, 0.15) is 5.75 Å². The lowest BCUT2D eigenvalue weighted by Gasteiger charge is -2.24. The summed E-state index contributed by atoms with van der Waals surface area (Å²) in [4.78, 5) is 25.5. The molecule has 0 spiro atoms. The van der Waals surface area contributed by atoms with Crippen molar-refractivity contribution < 1.29 is 23.2 Å². The van der Waals surface area contributed by atoms with Crippen LogP contribution >= 0.6 is 0 Å². The number of nitrogens with two attached hydrogens (primary N) is 1. The summed E-state index contributed by atoms with van der Waals surface area (Å²) in [7, 11) is -3.85. The van der Waals surface area contributed by atoms with E-state index >= 15 is 0 Å². The first-order valence-corrected chi connectivity index (χ1v) is 11.0. The maximum atomic E-state index is 13.4. The van der Waals surface area contributed by atoms with E-state index in [1.807, 2.05) is 0 Å². The Labute approximate surface area is 184 Å². The maximum Gasteiger partial charge on any atom is 0.273 e. The van der Waals surface area contributed by atoms with E-state index in [0.29, 0.717) is 11.1 Å². The third-order valence-electron chi connectivity index (χ3n) is 4.93. The minimum absolute atomic E-state index is 0.0407. The van der Waals surface area contributed by atoms with Crippen LogP contribution in [0.15, 0.2) is 71.6 Å². The molecular formula is C22H21N3O6S. The number of rotatable bonds is 7. The lowest BCUT2D eigenvalue weighted by Crippen LogP contribution is -2.30. The van der Waals surface area contributed by atoms with Crippen molar-refractivity contribution in [2.75, 3.05) is 0 Å². The van der Waals surface area contributed by atoms with Gasteiger partial charge in [0.25, 0.3) is 11.6 Å². The lowest BCUT2D eigenvalue weighted by atomic mass is 10.0. The standard InChI is InChI=1S/C22H21N3O6S/c1-15-20(6-3-7-21(15)25(28)29)22(27)24(14-17-4-2-5-18(26)12-17)13-16-8-10-19(11-9-16)32(23,30)31/h2-12,26H,13-14H2,1H3,(H2,23,30,31). The Kier molecular flexibility index (Phi) is 6.56. The lowest BCUT2D eigenvalue weighted by molar-refractivity contribution is -0.385. The second kappa shape index (κ2) is 9.16. The summed E-state index contributed by atoms with van der Waals surface area (Å²) in [5.74, 6) is -0.399. The molecule has 0 atom stereocenters. The maximum absolute atomic E-state index is 13.4. The molecule has 0 unspecified atom stereocenters. The van der Waals surface area contributed by atoms with Crippen molar-refractivity contribution in [2.24, 2.45) is 5.14 Å². The Morgan fingerprint density at radius 1 is 1.03 bits per heavy atom. The molecule has 3 aromatic rings. The molecule has 3 N–H and O–H groups in total. The zero-order valence-electron chi connectivity index (χ0n) is 17.1. The highest BCUT2D eigenvalue weighted by atomic mass is 32.2. The Morgan fingerprint density at radius 2 is 1.66 bits per heavy atom. The third kappa shape index (κ3) is 5.29. The average Bonchev–Trinajstić information content (AvgIpc) is 2.72. The van der Waals surface area contributed by atoms with Gasteiger partial charge in [-0.3, -0.25) is 14.9 Å². The van der Waals surface area contributed by atoms with Crippen molar-refractivity contribution in [2.45, 2.75) is 24.9 Å². The molecule has 32 heavy (non-hydrogen) atoms. The van der Waals surface area contributed by atoms with Gasteiger partial charge in [0, 0.05) is 30.3 Å². The zero-order chi connectivity index (χ0) is 23.5. The summed E-state index contributed by atoms with van der Waals surface area (Å²) in [5, 5.41) is 26.2. The number of hydrogen-bond acceptors (Lipinski definition) is 6. The van der Waals surface area contributed by atoms with Crippen LogP contribution < -0.4 is 5.14 Å². The monoisotopic (exact) mass is 455 g/mol. The number of carbonyl (C=O) groups is 1. The van der Waals surface area contributed by atoms with Crippen molar-refractivity contribution in [3.63, 3.8) is 0 Å². The highest BCUT2D eigenvalue weighted by molar-refractivity contribution is 7.89. The van der Waals surface area contributed by atoms with Crippen LogP contribution in [0.25, 0.3) is 0 Å². The molecule has 0 radical (unpaired) electrons. The van der Waals surface area contributed by atoms with Gasteiger partial charge in [0.05, 0.1) is 9.82 Å². The number of phenolic OH excluding ortho intramolecular Hbond substituents is 1. The number of aromatic hydroxyl groups is 1. The van der Waals surface area contributed by atoms with Gasteiger partial charge in [-0.1, -0.05) is 30.3 Å². The van der Waals surface area contributed by atoms with Gasteiger partial charge in [0.15, 0.2) is 0 Å². The Bertz CT molecular complexity index is 1270. The summed E-state index contributed by atoms with van der Waals surface area (Å²) in [6, 6.07) is 16.5. The number of primary sulfonamides is 1. The van der Waals surface area contributed by atoms with Crippen LogP contribution in [0.2, 0.25) is 0 Å². The van der Waals surface area contributed by atoms with Gasteiger partial charge in [0.2, 0.25) is 10.0 Å². The van der Waals surface area contributed by atoms with Gasteiger partial charge in [-0.25, -0.2) is 13.6 Å². The van der Waals surface area contributed by atoms with Gasteiger partial charge in [-0.15, -0.1) is 0 Å². The normalized spacial score (nSPS) is 11.2. The van der Waals surface area contributed by atoms with E-state index in [0.717, 1.165) is 0 Å². The molecule has 0 aromatic heterocycles. The summed E-state index contributed by atoms with van der Waals surface area (Å²) in [5.41, 5.74) is 1.55. The van der Waals surface area contributed by atoms with Crippen molar-refractivity contribution in [1.82, 2.24) is 4.90 Å². The van der Waals surface area contributed by atoms with Crippen molar-refractivity contribution >= 4 is 21.6 Å². The number of sulfonamides is 1. The molecule has 0 bridgehead atoms. The fraction of sp³-hybridized carbons (Fsp3) is 0.136. The first-order chi connectivity index (χ1) is 15.1. The Morgan fingerprint density at radius 3 is 2.25 bits per heavy atom. The fourth-order valence-electron chi connectivity index (χ4n) is 3.30. The number of hydrogen-bond donors (Lipinski definition) is 2. The first-order valence-electron chi connectivity index (χ1n) is 9.49. The van der Waals surface area contributed by atoms with Crippen molar-refractivity contribution in [3.05, 3.63) is 99.1 Å². The van der Waals surface area contributed by atoms with Gasteiger partial charge in [-0.05, 0) is 48.4 Å². The molecule has 0 saturated heterocycles. The number of nitrogens with zero attached hydrogens (tertiary/aromatic N) is 2. The number of carbonyl (C=O) groups excluding carboxylic acids is 1. The van der Waals surface area contributed by atoms with E-state index in [1.165, 1.54) is 54.3 Å². The number of phenols is 1. The fourth-order valence-corrected chi connectivity index (χ4v) is 3.82. The Balaban J connectivity index is 1.98. The van der Waals surface area contributed by atoms with Crippen molar-refractivity contribution in [1.29, 1.82) is 0 Å². The molecule has 1 amide bonds. The van der Waals surface area contributed by atoms with Crippen LogP contribution in [0.4, 0.5) is 5.69 Å². The van der Waals surface area contributed by atoms with Gasteiger partial charge < -0.3 is 10.0 Å². The number of benzene rings is 3. The predicted octanol–water partition coefficient (Wildman–Crippen LogP) is 3.10. The molecule has 10 heteroatoms. The molecular weight excluding hydrogens is 434 g/mol. The molecule has 3 aromatic carbocycles. The smallest absolute Gasteiger partial charge is 0.273 e. The number of nitro benzene ring substituents is 1. The minimum atomic E-state index is -3.85. The second-order valence-electron chi connectivity index (χ2n) is 7.23. The Hall–Kier alpha value is -3.76. The summed E-state index contributed by atoms with van der Waals surface area (Å²) in [6.45, 7) is 1.73. The van der Waals surface area contributed by atoms with E-state index in [9.17, 15) is 28.4 Å². The molecule has 0 aliphatic heterocycles. The van der Waals surface area contributed by atoms with E-state index in [1.54, 1.807) is 24.3 Å². The molecule has 0 saturated carbocycles. The van der Waals surface area contributed by atoms with Gasteiger partial charge >= 0.3 is 0 Å². The molecule has 166 valence electrons. The summed E-state index contributed by atoms with van der Waals surface area (Å²) < 4.78 is 23.0. The highest BCUT2D eigenvalue weighted by Crippen LogP contribution is 2.24. The number of nitro groups is 1. The summed E-state index contributed by atoms with van der Waals surface area (Å²) in [6.07, 6.45) is 0. The molecule has 0 heterocycles. The SMILES string of the molecule is Cc1c(C(=O)N(Cc2ccc(S(N)(=O)=O)cc2)Cc2cccc(O)c2)cccc1[N+](=O)[O-]. The van der Waals surface area contributed by atoms with E-state index < -0.39 is 20.9 Å². The van der Waals surface area contributed by atoms with Crippen LogP contribution in [0.3, 0.4) is 0 Å². The molecule has 0 aliphatic rings. The second-order valence-corrected chi connectivity index (χ2v) is 8.79. The van der Waals surface area contributed by atoms with Crippen molar-refractivity contribution in [3.8, 4) is 5.75 Å². The molecule has 3 rings (SSSR count). The largest absolute Gasteiger partial charge is 0.508 e. The first kappa shape index (κ1) is 22.9. The van der Waals surface area contributed by atoms with Gasteiger partial charge in [-0.2, -0.15) is 0 Å². The average molecular weight is 455 g/mol. The van der Waals surface area contributed by atoms with Crippen LogP contribution in [0, 0.1) is 17.0 Å². The van der Waals surface area contributed by atoms with Crippen LogP contribution in [-0.2, 0) is 23.1 Å². The predicted molar refractivity (Wildman–Crippen MR) is 117 cm³/mol.